The first kappa shape index (κ1) is 28.8. The summed E-state index contributed by atoms with van der Waals surface area (Å²) in [5.74, 6) is -0.200. The number of pyridine rings is 1. The Balaban J connectivity index is 1.52. The number of anilines is 1. The Morgan fingerprint density at radius 1 is 1.12 bits per heavy atom. The molecule has 5 rings (SSSR count). The lowest BCUT2D eigenvalue weighted by Gasteiger charge is -2.44. The molecule has 0 spiro atoms. The molecular weight excluding hydrogens is 534 g/mol. The number of hydrogen-bond donors (Lipinski definition) is 2. The predicted molar refractivity (Wildman–Crippen MR) is 159 cm³/mol. The monoisotopic (exact) mass is 569 g/mol. The van der Waals surface area contributed by atoms with Crippen molar-refractivity contribution in [3.8, 4) is 17.0 Å². The van der Waals surface area contributed by atoms with Gasteiger partial charge in [0.2, 0.25) is 5.91 Å². The number of aromatic nitrogens is 2. The zero-order chi connectivity index (χ0) is 29.7. The number of primary amides is 1. The van der Waals surface area contributed by atoms with Gasteiger partial charge >= 0.3 is 0 Å². The Labute approximate surface area is 244 Å². The predicted octanol–water partition coefficient (Wildman–Crippen LogP) is 6.39. The van der Waals surface area contributed by atoms with Crippen LogP contribution in [0.25, 0.3) is 11.3 Å². The van der Waals surface area contributed by atoms with Crippen molar-refractivity contribution in [1.29, 1.82) is 0 Å². The van der Waals surface area contributed by atoms with Gasteiger partial charge < -0.3 is 20.2 Å². The minimum absolute atomic E-state index is 0.0180. The van der Waals surface area contributed by atoms with Crippen molar-refractivity contribution in [1.82, 2.24) is 9.97 Å². The number of nitrogens with zero attached hydrogens (tertiary/aromatic N) is 3. The van der Waals surface area contributed by atoms with E-state index in [0.29, 0.717) is 23.4 Å². The summed E-state index contributed by atoms with van der Waals surface area (Å²) >= 11 is 0. The molecule has 3 N–H and O–H groups in total. The Bertz CT molecular complexity index is 1520. The molecule has 0 bridgehead atoms. The van der Waals surface area contributed by atoms with Crippen molar-refractivity contribution < 1.29 is 18.9 Å². The number of methoxy groups -OCH3 is 1. The van der Waals surface area contributed by atoms with E-state index in [1.807, 2.05) is 42.5 Å². The quantitative estimate of drug-likeness (QED) is 0.156. The van der Waals surface area contributed by atoms with Gasteiger partial charge in [-0.2, -0.15) is 4.98 Å². The fourth-order valence-corrected chi connectivity index (χ4v) is 6.10. The Hall–Kier alpha value is -4.73. The van der Waals surface area contributed by atoms with Crippen molar-refractivity contribution in [2.24, 2.45) is 5.73 Å². The SMILES string of the molecule is COc1ccc(C2(CC(c3ccccc3)C(C)(Nc3nc(-c4ccc([N+](=O)[O-])cc4)co3)C(N)=O)CCCCC2)nc1. The van der Waals surface area contributed by atoms with Crippen LogP contribution in [0.2, 0.25) is 0 Å². The average molecular weight is 570 g/mol. The molecule has 0 aliphatic heterocycles. The summed E-state index contributed by atoms with van der Waals surface area (Å²) < 4.78 is 11.1. The smallest absolute Gasteiger partial charge is 0.295 e. The number of hydrogen-bond acceptors (Lipinski definition) is 8. The molecule has 42 heavy (non-hydrogen) atoms. The van der Waals surface area contributed by atoms with Crippen LogP contribution in [0.3, 0.4) is 0 Å². The minimum atomic E-state index is -1.28. The van der Waals surface area contributed by atoms with Crippen LogP contribution in [0, 0.1) is 10.1 Å². The molecule has 2 atom stereocenters. The zero-order valence-corrected chi connectivity index (χ0v) is 23.8. The maximum absolute atomic E-state index is 13.4. The van der Waals surface area contributed by atoms with Gasteiger partial charge in [0.15, 0.2) is 0 Å². The van der Waals surface area contributed by atoms with E-state index in [1.165, 1.54) is 18.4 Å². The van der Waals surface area contributed by atoms with Gasteiger partial charge in [0.25, 0.3) is 11.7 Å². The first-order chi connectivity index (χ1) is 20.2. The van der Waals surface area contributed by atoms with E-state index in [1.54, 1.807) is 32.4 Å². The van der Waals surface area contributed by atoms with E-state index in [-0.39, 0.29) is 23.0 Å². The van der Waals surface area contributed by atoms with Gasteiger partial charge in [-0.3, -0.25) is 19.9 Å². The zero-order valence-electron chi connectivity index (χ0n) is 23.8. The molecule has 1 amide bonds. The molecule has 2 unspecified atom stereocenters. The van der Waals surface area contributed by atoms with Crippen LogP contribution < -0.4 is 15.8 Å². The van der Waals surface area contributed by atoms with Gasteiger partial charge in [-0.25, -0.2) is 0 Å². The van der Waals surface area contributed by atoms with E-state index in [2.05, 4.69) is 10.3 Å². The number of nitro benzene ring substituents is 1. The number of carbonyl (C=O) groups is 1. The second-order valence-electron chi connectivity index (χ2n) is 11.1. The molecular formula is C32H35N5O5. The highest BCUT2D eigenvalue weighted by Gasteiger charge is 2.47. The van der Waals surface area contributed by atoms with Crippen molar-refractivity contribution in [3.05, 3.63) is 101 Å². The molecule has 1 fully saturated rings. The molecule has 10 nitrogen and oxygen atoms in total. The number of benzene rings is 2. The average Bonchev–Trinajstić information content (AvgIpc) is 3.49. The van der Waals surface area contributed by atoms with Gasteiger partial charge in [0.05, 0.1) is 18.2 Å². The summed E-state index contributed by atoms with van der Waals surface area (Å²) in [6, 6.07) is 20.0. The molecule has 218 valence electrons. The van der Waals surface area contributed by atoms with Crippen LogP contribution >= 0.6 is 0 Å². The molecule has 10 heteroatoms. The number of nitro groups is 1. The summed E-state index contributed by atoms with van der Waals surface area (Å²) in [6.45, 7) is 1.79. The summed E-state index contributed by atoms with van der Waals surface area (Å²) in [4.78, 5) is 33.4. The van der Waals surface area contributed by atoms with E-state index >= 15 is 0 Å². The van der Waals surface area contributed by atoms with Gasteiger partial charge in [0, 0.05) is 34.7 Å². The van der Waals surface area contributed by atoms with E-state index in [9.17, 15) is 14.9 Å². The van der Waals surface area contributed by atoms with Gasteiger partial charge in [-0.15, -0.1) is 0 Å². The molecule has 0 saturated heterocycles. The fourth-order valence-electron chi connectivity index (χ4n) is 6.10. The first-order valence-corrected chi connectivity index (χ1v) is 14.1. The van der Waals surface area contributed by atoms with Crippen molar-refractivity contribution >= 4 is 17.6 Å². The highest BCUT2D eigenvalue weighted by atomic mass is 16.6. The van der Waals surface area contributed by atoms with Gasteiger partial charge in [0.1, 0.15) is 23.2 Å². The number of oxazole rings is 1. The van der Waals surface area contributed by atoms with E-state index in [0.717, 1.165) is 43.4 Å². The number of rotatable bonds is 11. The topological polar surface area (TPSA) is 146 Å². The first-order valence-electron chi connectivity index (χ1n) is 14.1. The Morgan fingerprint density at radius 3 is 2.43 bits per heavy atom. The van der Waals surface area contributed by atoms with Gasteiger partial charge in [-0.1, -0.05) is 49.6 Å². The van der Waals surface area contributed by atoms with Crippen LogP contribution in [0.5, 0.6) is 5.75 Å². The van der Waals surface area contributed by atoms with Crippen LogP contribution in [-0.4, -0.2) is 33.4 Å². The highest BCUT2D eigenvalue weighted by molar-refractivity contribution is 5.88. The third-order valence-corrected chi connectivity index (χ3v) is 8.58. The van der Waals surface area contributed by atoms with Crippen LogP contribution in [-0.2, 0) is 10.2 Å². The lowest BCUT2D eigenvalue weighted by molar-refractivity contribution is -0.384. The van der Waals surface area contributed by atoms with Crippen molar-refractivity contribution in [2.75, 3.05) is 12.4 Å². The standard InChI is InChI=1S/C32H35N5O5/c1-31(29(33)38,36-30-35-27(21-42-30)23-11-13-24(14-12-23)37(39)40)26(22-9-5-3-6-10-22)19-32(17-7-4-8-18-32)28-16-15-25(41-2)20-34-28/h3,5-6,9-16,20-21,26H,4,7-8,17-19H2,1-2H3,(H2,33,38)(H,35,36). The van der Waals surface area contributed by atoms with E-state index in [4.69, 9.17) is 19.9 Å². The maximum atomic E-state index is 13.4. The molecule has 2 heterocycles. The number of nitrogens with two attached hydrogens (primary N) is 1. The Morgan fingerprint density at radius 2 is 1.83 bits per heavy atom. The lowest BCUT2D eigenvalue weighted by atomic mass is 9.62. The van der Waals surface area contributed by atoms with Crippen molar-refractivity contribution in [2.45, 2.75) is 62.3 Å². The number of non-ortho nitro benzene ring substituents is 1. The second-order valence-corrected chi connectivity index (χ2v) is 11.1. The summed E-state index contributed by atoms with van der Waals surface area (Å²) in [6.07, 6.45) is 8.98. The fraction of sp³-hybridized carbons (Fsp3) is 0.344. The Kier molecular flexibility index (Phi) is 8.24. The largest absolute Gasteiger partial charge is 0.495 e. The van der Waals surface area contributed by atoms with E-state index < -0.39 is 16.4 Å². The molecule has 1 aliphatic rings. The summed E-state index contributed by atoms with van der Waals surface area (Å²) in [5, 5.41) is 14.3. The molecule has 1 aliphatic carbocycles. The lowest BCUT2D eigenvalue weighted by Crippen LogP contribution is -2.54. The third kappa shape index (κ3) is 5.83. The number of carbonyl (C=O) groups excluding carboxylic acids is 1. The number of nitrogens with one attached hydrogen (secondary N) is 1. The third-order valence-electron chi connectivity index (χ3n) is 8.58. The maximum Gasteiger partial charge on any atom is 0.295 e. The number of ether oxygens (including phenoxy) is 1. The molecule has 2 aromatic heterocycles. The molecule has 4 aromatic rings. The van der Waals surface area contributed by atoms with Crippen LogP contribution in [0.1, 0.15) is 62.6 Å². The summed E-state index contributed by atoms with van der Waals surface area (Å²) in [7, 11) is 1.62. The normalized spacial score (nSPS) is 16.6. The van der Waals surface area contributed by atoms with Crippen LogP contribution in [0.15, 0.2) is 83.6 Å². The summed E-state index contributed by atoms with van der Waals surface area (Å²) in [5.41, 5.74) is 7.66. The van der Waals surface area contributed by atoms with Crippen molar-refractivity contribution in [3.63, 3.8) is 0 Å². The second kappa shape index (κ2) is 12.0. The van der Waals surface area contributed by atoms with Crippen LogP contribution in [0.4, 0.5) is 11.7 Å². The molecule has 0 radical (unpaired) electrons. The number of amides is 1. The minimum Gasteiger partial charge on any atom is -0.495 e. The molecule has 2 aromatic carbocycles. The highest BCUT2D eigenvalue weighted by Crippen LogP contribution is 2.49. The van der Waals surface area contributed by atoms with Gasteiger partial charge in [-0.05, 0) is 56.0 Å². The molecule has 1 saturated carbocycles.